The molecule has 2 atom stereocenters. The summed E-state index contributed by atoms with van der Waals surface area (Å²) >= 11 is 1.47. The summed E-state index contributed by atoms with van der Waals surface area (Å²) in [6.07, 6.45) is 0. The van der Waals surface area contributed by atoms with E-state index < -0.39 is 9.84 Å². The first-order valence-corrected chi connectivity index (χ1v) is 11.2. The van der Waals surface area contributed by atoms with E-state index in [-0.39, 0.29) is 28.7 Å². The van der Waals surface area contributed by atoms with Gasteiger partial charge in [-0.25, -0.2) is 8.42 Å². The molecule has 0 radical (unpaired) electrons. The Bertz CT molecular complexity index is 836. The maximum absolute atomic E-state index is 12.3. The molecule has 0 spiro atoms. The fourth-order valence-electron chi connectivity index (χ4n) is 2.92. The van der Waals surface area contributed by atoms with E-state index in [1.165, 1.54) is 11.8 Å². The summed E-state index contributed by atoms with van der Waals surface area (Å²) in [6, 6.07) is 5.35. The maximum Gasteiger partial charge on any atom is 0.251 e. The van der Waals surface area contributed by atoms with E-state index in [1.807, 2.05) is 38.1 Å². The van der Waals surface area contributed by atoms with Gasteiger partial charge in [-0.15, -0.1) is 0 Å². The summed E-state index contributed by atoms with van der Waals surface area (Å²) in [5.41, 5.74) is 2.41. The number of thioether (sulfide) groups is 1. The second-order valence-corrected chi connectivity index (χ2v) is 10.3. The number of likely N-dealkylation sites (N-methyl/N-ethyl adjacent to an activating group) is 1. The lowest BCUT2D eigenvalue weighted by atomic mass is 10.1. The topological polar surface area (TPSA) is 90.9 Å². The minimum Gasteiger partial charge on any atom is -0.351 e. The first-order valence-electron chi connectivity index (χ1n) is 8.49. The first-order chi connectivity index (χ1) is 12.2. The van der Waals surface area contributed by atoms with Gasteiger partial charge in [-0.2, -0.15) is 0 Å². The summed E-state index contributed by atoms with van der Waals surface area (Å²) in [4.78, 5) is 18.8. The minimum atomic E-state index is -2.96. The molecule has 0 aliphatic carbocycles. The van der Waals surface area contributed by atoms with Gasteiger partial charge in [-0.05, 0) is 38.7 Å². The number of carbonyl (C=O) groups excluding carboxylic acids is 1. The second kappa shape index (κ2) is 7.58. The highest BCUT2D eigenvalue weighted by Crippen LogP contribution is 2.35. The van der Waals surface area contributed by atoms with Gasteiger partial charge in [0.2, 0.25) is 0 Å². The average molecular weight is 397 g/mol. The number of amides is 1. The van der Waals surface area contributed by atoms with Crippen LogP contribution in [-0.2, 0) is 9.84 Å². The molecule has 2 aliphatic heterocycles. The zero-order valence-corrected chi connectivity index (χ0v) is 16.8. The smallest absolute Gasteiger partial charge is 0.251 e. The number of rotatable bonds is 5. The Morgan fingerprint density at radius 1 is 1.35 bits per heavy atom. The lowest BCUT2D eigenvalue weighted by Gasteiger charge is -2.13. The molecule has 1 aromatic rings. The quantitative estimate of drug-likeness (QED) is 0.771. The Hall–Kier alpha value is -1.58. The highest BCUT2D eigenvalue weighted by molar-refractivity contribution is 8.15. The number of fused-ring (bicyclic) bond motifs is 1. The predicted octanol–water partition coefficient (Wildman–Crippen LogP) is 0.967. The van der Waals surface area contributed by atoms with Gasteiger partial charge in [0.15, 0.2) is 15.0 Å². The Morgan fingerprint density at radius 2 is 2.12 bits per heavy atom. The third kappa shape index (κ3) is 4.57. The van der Waals surface area contributed by atoms with E-state index in [0.717, 1.165) is 23.0 Å². The summed E-state index contributed by atoms with van der Waals surface area (Å²) in [5.74, 6) is 0.201. The molecule has 1 aromatic carbocycles. The molecule has 0 unspecified atom stereocenters. The summed E-state index contributed by atoms with van der Waals surface area (Å²) in [6.45, 7) is 3.33. The largest absolute Gasteiger partial charge is 0.351 e. The van der Waals surface area contributed by atoms with Crippen molar-refractivity contribution >= 4 is 38.4 Å². The molecular formula is C17H24N4O3S2. The zero-order valence-electron chi connectivity index (χ0n) is 15.2. The van der Waals surface area contributed by atoms with Crippen LogP contribution in [0.15, 0.2) is 23.2 Å². The van der Waals surface area contributed by atoms with Crippen LogP contribution in [0, 0.1) is 6.92 Å². The van der Waals surface area contributed by atoms with Crippen molar-refractivity contribution in [1.82, 2.24) is 10.2 Å². The van der Waals surface area contributed by atoms with Crippen molar-refractivity contribution in [1.29, 1.82) is 0 Å². The number of hydrogen-bond acceptors (Lipinski definition) is 7. The molecule has 26 heavy (non-hydrogen) atoms. The van der Waals surface area contributed by atoms with E-state index in [9.17, 15) is 13.2 Å². The number of hydrogen-bond donors (Lipinski definition) is 2. The summed E-state index contributed by atoms with van der Waals surface area (Å²) in [7, 11) is 0.963. The van der Waals surface area contributed by atoms with Crippen LogP contribution in [0.5, 0.6) is 0 Å². The van der Waals surface area contributed by atoms with Gasteiger partial charge in [-0.1, -0.05) is 17.8 Å². The van der Waals surface area contributed by atoms with Gasteiger partial charge in [-0.3, -0.25) is 9.79 Å². The Morgan fingerprint density at radius 3 is 2.81 bits per heavy atom. The number of aryl methyl sites for hydroxylation is 1. The molecule has 9 heteroatoms. The van der Waals surface area contributed by atoms with Crippen LogP contribution < -0.4 is 10.6 Å². The molecule has 7 nitrogen and oxygen atoms in total. The van der Waals surface area contributed by atoms with Crippen molar-refractivity contribution in [3.05, 3.63) is 29.3 Å². The normalized spacial score (nSPS) is 23.6. The summed E-state index contributed by atoms with van der Waals surface area (Å²) in [5, 5.41) is 6.89. The van der Waals surface area contributed by atoms with Gasteiger partial charge in [0.25, 0.3) is 5.91 Å². The van der Waals surface area contributed by atoms with E-state index in [2.05, 4.69) is 15.6 Å². The number of nitrogens with one attached hydrogen (secondary N) is 2. The zero-order chi connectivity index (χ0) is 18.9. The van der Waals surface area contributed by atoms with E-state index in [1.54, 1.807) is 6.07 Å². The van der Waals surface area contributed by atoms with Crippen LogP contribution in [-0.4, -0.2) is 74.4 Å². The number of carbonyl (C=O) groups is 1. The van der Waals surface area contributed by atoms with Gasteiger partial charge in [0, 0.05) is 29.6 Å². The number of benzene rings is 1. The molecule has 3 rings (SSSR count). The average Bonchev–Trinajstić information content (AvgIpc) is 3.01. The van der Waals surface area contributed by atoms with Crippen LogP contribution in [0.3, 0.4) is 0 Å². The van der Waals surface area contributed by atoms with E-state index in [4.69, 9.17) is 0 Å². The van der Waals surface area contributed by atoms with Crippen LogP contribution in [0.4, 0.5) is 5.69 Å². The number of amidine groups is 1. The van der Waals surface area contributed by atoms with Crippen molar-refractivity contribution in [2.75, 3.05) is 44.0 Å². The van der Waals surface area contributed by atoms with E-state index >= 15 is 0 Å². The van der Waals surface area contributed by atoms with Crippen molar-refractivity contribution < 1.29 is 13.2 Å². The fraction of sp³-hybridized carbons (Fsp3) is 0.529. The van der Waals surface area contributed by atoms with Crippen molar-refractivity contribution in [2.24, 2.45) is 4.99 Å². The van der Waals surface area contributed by atoms with Gasteiger partial charge in [0.05, 0.1) is 17.5 Å². The Labute approximate surface area is 158 Å². The molecule has 1 amide bonds. The second-order valence-electron chi connectivity index (χ2n) is 6.95. The lowest BCUT2D eigenvalue weighted by Crippen LogP contribution is -2.31. The lowest BCUT2D eigenvalue weighted by molar-refractivity contribution is 0.0951. The monoisotopic (exact) mass is 396 g/mol. The standard InChI is InChI=1S/C17H24N4O3S2/c1-11-4-5-12(16(22)18-6-7-21(2)3)8-13(11)19-17-20-14-9-26(23,24)10-15(14)25-17/h4-5,8,14-15H,6-7,9-10H2,1-3H3,(H,18,22)(H,19,20)/t14-,15-/m0/s1. The number of nitrogens with zero attached hydrogens (tertiary/aromatic N) is 2. The molecule has 1 fully saturated rings. The Kier molecular flexibility index (Phi) is 5.59. The van der Waals surface area contributed by atoms with Crippen LogP contribution in [0.1, 0.15) is 15.9 Å². The Balaban J connectivity index is 1.66. The van der Waals surface area contributed by atoms with Gasteiger partial charge < -0.3 is 15.5 Å². The maximum atomic E-state index is 12.3. The number of aliphatic imine (C=N–C) groups is 1. The SMILES string of the molecule is Cc1ccc(C(=O)NCCN(C)C)cc1NC1=N[C@H]2CS(=O)(=O)C[C@@H]2S1. The molecule has 0 aromatic heterocycles. The number of sulfone groups is 1. The first kappa shape index (κ1) is 19.2. The van der Waals surface area contributed by atoms with Crippen LogP contribution in [0.2, 0.25) is 0 Å². The molecule has 0 bridgehead atoms. The van der Waals surface area contributed by atoms with E-state index in [0.29, 0.717) is 12.1 Å². The highest BCUT2D eigenvalue weighted by atomic mass is 32.2. The fourth-order valence-corrected chi connectivity index (χ4v) is 6.59. The van der Waals surface area contributed by atoms with Crippen molar-refractivity contribution in [3.63, 3.8) is 0 Å². The summed E-state index contributed by atoms with van der Waals surface area (Å²) < 4.78 is 23.3. The number of anilines is 1. The molecule has 2 heterocycles. The third-order valence-corrected chi connectivity index (χ3v) is 7.55. The van der Waals surface area contributed by atoms with Gasteiger partial charge in [0.1, 0.15) is 0 Å². The van der Waals surface area contributed by atoms with Crippen molar-refractivity contribution in [3.8, 4) is 0 Å². The predicted molar refractivity (Wildman–Crippen MR) is 107 cm³/mol. The molecule has 2 aliphatic rings. The highest BCUT2D eigenvalue weighted by Gasteiger charge is 2.42. The molecule has 2 N–H and O–H groups in total. The molecule has 1 saturated heterocycles. The van der Waals surface area contributed by atoms with Crippen LogP contribution >= 0.6 is 11.8 Å². The van der Waals surface area contributed by atoms with Crippen LogP contribution in [0.25, 0.3) is 0 Å². The minimum absolute atomic E-state index is 0.000297. The molecule has 0 saturated carbocycles. The molecule has 142 valence electrons. The van der Waals surface area contributed by atoms with Gasteiger partial charge >= 0.3 is 0 Å². The van der Waals surface area contributed by atoms with Crippen molar-refractivity contribution in [2.45, 2.75) is 18.2 Å². The molecular weight excluding hydrogens is 372 g/mol. The third-order valence-electron chi connectivity index (χ3n) is 4.40.